The minimum absolute atomic E-state index is 0.0283. The predicted octanol–water partition coefficient (Wildman–Crippen LogP) is 23.4. The number of nitrogens with one attached hydrogen (secondary N) is 1. The fourth-order valence-electron chi connectivity index (χ4n) is 10.5. The Morgan fingerprint density at radius 1 is 0.404 bits per heavy atom. The number of unbranched alkanes of at least 4 members (excludes halogenated alkanes) is 35. The SMILES string of the molecule is CC/C=C\C/C=C\C/C=C\C/C=C\C/C=C\CCCCCCCCCC(=O)OC(/C=C\CCCCCCCCCCCCC)C(COP(=O)([O-])OCC[N+](C)(C)C)NC(=O)CCCCCCCCCCCCCCCC/C=C\C/C=C\C/C=C\CCCCC. The standard InChI is InChI=1S/C79H141N2O7P/c1-7-10-13-16-19-22-25-28-30-32-34-36-38-39-40-41-43-44-46-48-50-53-56-59-62-65-68-71-78(82)80-76(75-87-89(84,85)86-74-73-81(4,5)6)77(70-67-64-61-58-55-52-27-24-21-18-15-12-9-3)88-79(83)72-69-66-63-60-57-54-51-49-47-45-42-37-35-33-31-29-26-23-20-17-14-11-8-2/h11,14,19-20,22-23,28-31,34-37,45,47,67,70,76-77H,7-10,12-13,15-18,21,24-27,32-33,38-44,46,48-66,68-69,71-75H2,1-6H3,(H-,80,82,84,85)/b14-11-,22-19-,23-20-,30-28-,31-29-,36-34-,37-35-,47-45-,70-67-. The molecule has 0 saturated heterocycles. The van der Waals surface area contributed by atoms with Crippen molar-refractivity contribution in [1.29, 1.82) is 0 Å². The van der Waals surface area contributed by atoms with Crippen molar-refractivity contribution in [2.24, 2.45) is 0 Å². The number of phosphoric ester groups is 1. The van der Waals surface area contributed by atoms with E-state index in [0.29, 0.717) is 23.9 Å². The van der Waals surface area contributed by atoms with Gasteiger partial charge < -0.3 is 28.5 Å². The number of carbonyl (C=O) groups excluding carboxylic acids is 2. The molecule has 3 atom stereocenters. The Balaban J connectivity index is 5.07. The van der Waals surface area contributed by atoms with E-state index in [0.717, 1.165) is 109 Å². The third-order valence-corrected chi connectivity index (χ3v) is 17.2. The largest absolute Gasteiger partial charge is 0.756 e. The van der Waals surface area contributed by atoms with Gasteiger partial charge in [0.15, 0.2) is 0 Å². The maximum absolute atomic E-state index is 13.6. The number of phosphoric acid groups is 1. The fourth-order valence-corrected chi connectivity index (χ4v) is 11.2. The zero-order valence-corrected chi connectivity index (χ0v) is 59.8. The van der Waals surface area contributed by atoms with E-state index in [2.05, 4.69) is 123 Å². The van der Waals surface area contributed by atoms with Gasteiger partial charge in [0.1, 0.15) is 19.3 Å². The summed E-state index contributed by atoms with van der Waals surface area (Å²) in [5.74, 6) is -0.550. The third kappa shape index (κ3) is 68.9. The lowest BCUT2D eigenvalue weighted by Gasteiger charge is -2.30. The average molecular weight is 1260 g/mol. The van der Waals surface area contributed by atoms with Gasteiger partial charge in [-0.25, -0.2) is 0 Å². The highest BCUT2D eigenvalue weighted by molar-refractivity contribution is 7.45. The van der Waals surface area contributed by atoms with Gasteiger partial charge in [-0.05, 0) is 115 Å². The first-order valence-electron chi connectivity index (χ1n) is 37.2. The van der Waals surface area contributed by atoms with Crippen molar-refractivity contribution >= 4 is 19.7 Å². The first kappa shape index (κ1) is 85.7. The summed E-state index contributed by atoms with van der Waals surface area (Å²) in [5.41, 5.74) is 0. The maximum atomic E-state index is 13.6. The number of ether oxygens (including phenoxy) is 1. The summed E-state index contributed by atoms with van der Waals surface area (Å²) in [6.07, 6.45) is 93.5. The van der Waals surface area contributed by atoms with Crippen LogP contribution >= 0.6 is 7.82 Å². The Labute approximate surface area is 551 Å². The molecule has 514 valence electrons. The van der Waals surface area contributed by atoms with Crippen molar-refractivity contribution < 1.29 is 37.3 Å². The second-order valence-electron chi connectivity index (χ2n) is 26.1. The van der Waals surface area contributed by atoms with Crippen LogP contribution in [0.3, 0.4) is 0 Å². The summed E-state index contributed by atoms with van der Waals surface area (Å²) in [4.78, 5) is 40.3. The molecule has 0 radical (unpaired) electrons. The van der Waals surface area contributed by atoms with E-state index >= 15 is 0 Å². The van der Waals surface area contributed by atoms with Crippen LogP contribution in [0, 0.1) is 0 Å². The molecule has 0 heterocycles. The van der Waals surface area contributed by atoms with Gasteiger partial charge in [0.25, 0.3) is 7.82 Å². The average Bonchev–Trinajstić information content (AvgIpc) is 3.57. The molecule has 0 aromatic carbocycles. The number of likely N-dealkylation sites (N-methyl/N-ethyl adjacent to an activating group) is 1. The quantitative estimate of drug-likeness (QED) is 0.0212. The number of quaternary nitrogens is 1. The molecular formula is C79H141N2O7P. The molecule has 0 aliphatic rings. The molecule has 0 spiro atoms. The van der Waals surface area contributed by atoms with E-state index in [1.54, 1.807) is 0 Å². The molecular weight excluding hydrogens is 1120 g/mol. The number of esters is 1. The molecule has 9 nitrogen and oxygen atoms in total. The molecule has 0 bridgehead atoms. The van der Waals surface area contributed by atoms with Crippen LogP contribution in [-0.2, 0) is 27.9 Å². The van der Waals surface area contributed by atoms with E-state index in [1.165, 1.54) is 180 Å². The van der Waals surface area contributed by atoms with Crippen molar-refractivity contribution in [1.82, 2.24) is 5.32 Å². The van der Waals surface area contributed by atoms with Crippen LogP contribution < -0.4 is 10.2 Å². The van der Waals surface area contributed by atoms with E-state index in [1.807, 2.05) is 33.3 Å². The van der Waals surface area contributed by atoms with Crippen molar-refractivity contribution in [2.45, 2.75) is 341 Å². The van der Waals surface area contributed by atoms with Gasteiger partial charge in [-0.15, -0.1) is 0 Å². The Morgan fingerprint density at radius 3 is 1.10 bits per heavy atom. The fraction of sp³-hybridized carbons (Fsp3) is 0.747. The van der Waals surface area contributed by atoms with Crippen LogP contribution in [0.5, 0.6) is 0 Å². The van der Waals surface area contributed by atoms with Crippen LogP contribution in [0.25, 0.3) is 0 Å². The molecule has 0 aromatic heterocycles. The van der Waals surface area contributed by atoms with Gasteiger partial charge in [-0.1, -0.05) is 310 Å². The van der Waals surface area contributed by atoms with E-state index in [4.69, 9.17) is 13.8 Å². The van der Waals surface area contributed by atoms with Crippen LogP contribution in [0.1, 0.15) is 329 Å². The molecule has 0 aromatic rings. The van der Waals surface area contributed by atoms with Crippen LogP contribution in [-0.4, -0.2) is 69.4 Å². The number of allylic oxidation sites excluding steroid dienone is 17. The molecule has 0 rings (SSSR count). The first-order valence-corrected chi connectivity index (χ1v) is 38.7. The van der Waals surface area contributed by atoms with E-state index in [-0.39, 0.29) is 24.9 Å². The number of nitrogens with zero attached hydrogens (tertiary/aromatic N) is 1. The molecule has 0 fully saturated rings. The lowest BCUT2D eigenvalue weighted by molar-refractivity contribution is -0.870. The number of hydrogen-bond acceptors (Lipinski definition) is 7. The monoisotopic (exact) mass is 1260 g/mol. The summed E-state index contributed by atoms with van der Waals surface area (Å²) in [6.45, 7) is 6.72. The van der Waals surface area contributed by atoms with Gasteiger partial charge >= 0.3 is 5.97 Å². The van der Waals surface area contributed by atoms with Crippen LogP contribution in [0.15, 0.2) is 109 Å². The van der Waals surface area contributed by atoms with Crippen LogP contribution in [0.2, 0.25) is 0 Å². The highest BCUT2D eigenvalue weighted by Gasteiger charge is 2.27. The van der Waals surface area contributed by atoms with Crippen molar-refractivity contribution in [2.75, 3.05) is 40.9 Å². The normalized spacial score (nSPS) is 14.1. The summed E-state index contributed by atoms with van der Waals surface area (Å²) in [7, 11) is 1.17. The molecule has 3 unspecified atom stereocenters. The first-order chi connectivity index (χ1) is 43.4. The lowest BCUT2D eigenvalue weighted by Crippen LogP contribution is -2.47. The Kier molecular flexibility index (Phi) is 65.0. The van der Waals surface area contributed by atoms with Gasteiger partial charge in [0, 0.05) is 12.8 Å². The molecule has 0 aliphatic carbocycles. The third-order valence-electron chi connectivity index (χ3n) is 16.2. The van der Waals surface area contributed by atoms with Crippen molar-refractivity contribution in [3.63, 3.8) is 0 Å². The Morgan fingerprint density at radius 2 is 0.719 bits per heavy atom. The summed E-state index contributed by atoms with van der Waals surface area (Å²) in [6, 6.07) is -0.901. The smallest absolute Gasteiger partial charge is 0.306 e. The molecule has 1 amide bonds. The molecule has 1 N–H and O–H groups in total. The molecule has 0 aliphatic heterocycles. The zero-order chi connectivity index (χ0) is 64.9. The highest BCUT2D eigenvalue weighted by atomic mass is 31.2. The molecule has 0 saturated carbocycles. The van der Waals surface area contributed by atoms with E-state index in [9.17, 15) is 19.0 Å². The highest BCUT2D eigenvalue weighted by Crippen LogP contribution is 2.38. The summed E-state index contributed by atoms with van der Waals surface area (Å²) in [5, 5.41) is 3.05. The second-order valence-corrected chi connectivity index (χ2v) is 27.5. The van der Waals surface area contributed by atoms with Gasteiger partial charge in [0.05, 0.1) is 33.8 Å². The van der Waals surface area contributed by atoms with Gasteiger partial charge in [-0.3, -0.25) is 14.2 Å². The number of amides is 1. The summed E-state index contributed by atoms with van der Waals surface area (Å²) >= 11 is 0. The lowest BCUT2D eigenvalue weighted by atomic mass is 10.0. The van der Waals surface area contributed by atoms with Crippen molar-refractivity contribution in [3.8, 4) is 0 Å². The van der Waals surface area contributed by atoms with Gasteiger partial charge in [-0.2, -0.15) is 0 Å². The number of hydrogen-bond donors (Lipinski definition) is 1. The minimum atomic E-state index is -4.72. The topological polar surface area (TPSA) is 114 Å². The second kappa shape index (κ2) is 67.6. The zero-order valence-electron chi connectivity index (χ0n) is 58.9. The van der Waals surface area contributed by atoms with Crippen LogP contribution in [0.4, 0.5) is 0 Å². The predicted molar refractivity (Wildman–Crippen MR) is 385 cm³/mol. The van der Waals surface area contributed by atoms with Gasteiger partial charge in [0.2, 0.25) is 5.91 Å². The molecule has 89 heavy (non-hydrogen) atoms. The maximum Gasteiger partial charge on any atom is 0.306 e. The van der Waals surface area contributed by atoms with E-state index < -0.39 is 26.6 Å². The summed E-state index contributed by atoms with van der Waals surface area (Å²) < 4.78 is 30.5. The molecule has 10 heteroatoms. The number of carbonyl (C=O) groups is 2. The minimum Gasteiger partial charge on any atom is -0.756 e. The Hall–Kier alpha value is -3.33. The van der Waals surface area contributed by atoms with Crippen molar-refractivity contribution in [3.05, 3.63) is 109 Å². The number of rotatable bonds is 67. The Bertz CT molecular complexity index is 1890.